The molecule has 0 spiro atoms. The van der Waals surface area contributed by atoms with E-state index in [0.717, 1.165) is 45.1 Å². The minimum atomic E-state index is 0.273. The maximum atomic E-state index is 5.42. The molecule has 0 saturated carbocycles. The Labute approximate surface area is 199 Å². The zero-order valence-corrected chi connectivity index (χ0v) is 19.2. The van der Waals surface area contributed by atoms with E-state index in [0.29, 0.717) is 0 Å². The van der Waals surface area contributed by atoms with E-state index in [1.54, 1.807) is 0 Å². The van der Waals surface area contributed by atoms with E-state index < -0.39 is 0 Å². The van der Waals surface area contributed by atoms with Gasteiger partial charge in [-0.15, -0.1) is 0 Å². The van der Waals surface area contributed by atoms with Crippen LogP contribution in [0.15, 0.2) is 101 Å². The van der Waals surface area contributed by atoms with Crippen molar-refractivity contribution >= 4 is 29.5 Å². The molecule has 1 aliphatic rings. The standard InChI is InChI=1S/C29H25N3O2/c1-32(2)27-14-3-21(4-15-27)18-30-25-10-6-23(7-11-25)24-8-12-26(13-9-24)31-19-22-5-16-28-29(17-22)34-20-33-28/h3-19H,20H2,1-2H3. The molecular weight excluding hydrogens is 422 g/mol. The minimum absolute atomic E-state index is 0.273. The maximum absolute atomic E-state index is 5.42. The van der Waals surface area contributed by atoms with Crippen molar-refractivity contribution in [2.75, 3.05) is 25.8 Å². The SMILES string of the molecule is CN(C)c1ccc(C=Nc2ccc(-c3ccc(N=Cc4ccc5c(c4)OCO5)cc3)cc2)cc1. The van der Waals surface area contributed by atoms with Crippen molar-refractivity contribution in [1.82, 2.24) is 0 Å². The second kappa shape index (κ2) is 9.63. The summed E-state index contributed by atoms with van der Waals surface area (Å²) in [5, 5.41) is 0. The quantitative estimate of drug-likeness (QED) is 0.311. The Balaban J connectivity index is 1.23. The number of nitrogens with zero attached hydrogens (tertiary/aromatic N) is 3. The lowest BCUT2D eigenvalue weighted by molar-refractivity contribution is 0.174. The third-order valence-corrected chi connectivity index (χ3v) is 5.60. The van der Waals surface area contributed by atoms with Gasteiger partial charge < -0.3 is 14.4 Å². The van der Waals surface area contributed by atoms with Crippen molar-refractivity contribution in [3.05, 3.63) is 102 Å². The largest absolute Gasteiger partial charge is 0.454 e. The molecule has 0 saturated heterocycles. The van der Waals surface area contributed by atoms with Crippen LogP contribution < -0.4 is 14.4 Å². The summed E-state index contributed by atoms with van der Waals surface area (Å²) in [6.07, 6.45) is 3.72. The second-order valence-corrected chi connectivity index (χ2v) is 8.21. The van der Waals surface area contributed by atoms with Crippen LogP contribution in [0.5, 0.6) is 11.5 Å². The predicted molar refractivity (Wildman–Crippen MR) is 140 cm³/mol. The highest BCUT2D eigenvalue weighted by Gasteiger charge is 2.12. The molecule has 4 aromatic carbocycles. The second-order valence-electron chi connectivity index (χ2n) is 8.21. The number of hydrogen-bond donors (Lipinski definition) is 0. The Bertz CT molecular complexity index is 1320. The summed E-state index contributed by atoms with van der Waals surface area (Å²) in [4.78, 5) is 11.3. The van der Waals surface area contributed by atoms with Crippen molar-refractivity contribution < 1.29 is 9.47 Å². The number of rotatable bonds is 6. The highest BCUT2D eigenvalue weighted by molar-refractivity contribution is 5.84. The van der Waals surface area contributed by atoms with Gasteiger partial charge >= 0.3 is 0 Å². The zero-order valence-electron chi connectivity index (χ0n) is 19.2. The zero-order chi connectivity index (χ0) is 23.3. The van der Waals surface area contributed by atoms with Crippen LogP contribution in [-0.2, 0) is 0 Å². The Morgan fingerprint density at radius 3 is 1.74 bits per heavy atom. The first-order valence-corrected chi connectivity index (χ1v) is 11.1. The molecule has 0 aliphatic carbocycles. The van der Waals surface area contributed by atoms with E-state index in [1.807, 2.05) is 69.0 Å². The van der Waals surface area contributed by atoms with Gasteiger partial charge in [-0.25, -0.2) is 0 Å². The third-order valence-electron chi connectivity index (χ3n) is 5.60. The summed E-state index contributed by atoms with van der Waals surface area (Å²) in [6.45, 7) is 0.273. The van der Waals surface area contributed by atoms with Crippen LogP contribution in [0.2, 0.25) is 0 Å². The maximum Gasteiger partial charge on any atom is 0.231 e. The minimum Gasteiger partial charge on any atom is -0.454 e. The van der Waals surface area contributed by atoms with E-state index >= 15 is 0 Å². The van der Waals surface area contributed by atoms with Crippen LogP contribution in [0.1, 0.15) is 11.1 Å². The first-order chi connectivity index (χ1) is 16.6. The molecule has 0 radical (unpaired) electrons. The van der Waals surface area contributed by atoms with Gasteiger partial charge in [0.15, 0.2) is 11.5 Å². The summed E-state index contributed by atoms with van der Waals surface area (Å²) in [5.41, 5.74) is 7.31. The average Bonchev–Trinajstić information content (AvgIpc) is 3.35. The highest BCUT2D eigenvalue weighted by Crippen LogP contribution is 2.32. The molecule has 0 fully saturated rings. The van der Waals surface area contributed by atoms with Crippen molar-refractivity contribution in [3.8, 4) is 22.6 Å². The Morgan fingerprint density at radius 2 is 1.15 bits per heavy atom. The van der Waals surface area contributed by atoms with Crippen LogP contribution in [0.4, 0.5) is 17.1 Å². The lowest BCUT2D eigenvalue weighted by Crippen LogP contribution is -2.08. The summed E-state index contributed by atoms with van der Waals surface area (Å²) in [6, 6.07) is 30.6. The van der Waals surface area contributed by atoms with E-state index in [4.69, 9.17) is 9.47 Å². The Hall–Kier alpha value is -4.38. The number of fused-ring (bicyclic) bond motifs is 1. The summed E-state index contributed by atoms with van der Waals surface area (Å²) >= 11 is 0. The molecule has 0 unspecified atom stereocenters. The monoisotopic (exact) mass is 447 g/mol. The lowest BCUT2D eigenvalue weighted by atomic mass is 10.1. The summed E-state index contributed by atoms with van der Waals surface area (Å²) in [5.74, 6) is 1.53. The normalized spacial score (nSPS) is 12.5. The molecular formula is C29H25N3O2. The van der Waals surface area contributed by atoms with Gasteiger partial charge in [0, 0.05) is 32.2 Å². The van der Waals surface area contributed by atoms with Gasteiger partial charge in [-0.1, -0.05) is 36.4 Å². The van der Waals surface area contributed by atoms with Crippen LogP contribution in [0.25, 0.3) is 11.1 Å². The van der Waals surface area contributed by atoms with Crippen molar-refractivity contribution in [3.63, 3.8) is 0 Å². The number of aliphatic imine (C=N–C) groups is 2. The Kier molecular flexibility index (Phi) is 6.08. The number of hydrogen-bond acceptors (Lipinski definition) is 5. The number of benzene rings is 4. The van der Waals surface area contributed by atoms with E-state index in [-0.39, 0.29) is 6.79 Å². The van der Waals surface area contributed by atoms with E-state index in [9.17, 15) is 0 Å². The van der Waals surface area contributed by atoms with Gasteiger partial charge in [-0.3, -0.25) is 9.98 Å². The molecule has 34 heavy (non-hydrogen) atoms. The fourth-order valence-electron chi connectivity index (χ4n) is 3.63. The topological polar surface area (TPSA) is 46.4 Å². The fourth-order valence-corrected chi connectivity index (χ4v) is 3.63. The van der Waals surface area contributed by atoms with Crippen LogP contribution in [0, 0.1) is 0 Å². The first kappa shape index (κ1) is 21.5. The molecule has 0 amide bonds. The van der Waals surface area contributed by atoms with Crippen molar-refractivity contribution in [2.24, 2.45) is 9.98 Å². The molecule has 0 atom stereocenters. The van der Waals surface area contributed by atoms with Gasteiger partial charge in [0.05, 0.1) is 11.4 Å². The molecule has 0 N–H and O–H groups in total. The van der Waals surface area contributed by atoms with Crippen LogP contribution >= 0.6 is 0 Å². The molecule has 1 heterocycles. The molecule has 4 aromatic rings. The van der Waals surface area contributed by atoms with Crippen molar-refractivity contribution in [2.45, 2.75) is 0 Å². The molecule has 5 nitrogen and oxygen atoms in total. The molecule has 5 rings (SSSR count). The van der Waals surface area contributed by atoms with Gasteiger partial charge in [-0.05, 0) is 76.9 Å². The molecule has 0 aromatic heterocycles. The van der Waals surface area contributed by atoms with Crippen LogP contribution in [0.3, 0.4) is 0 Å². The fraction of sp³-hybridized carbons (Fsp3) is 0.103. The molecule has 168 valence electrons. The third kappa shape index (κ3) is 4.99. The van der Waals surface area contributed by atoms with Crippen LogP contribution in [-0.4, -0.2) is 33.3 Å². The number of anilines is 1. The van der Waals surface area contributed by atoms with E-state index in [2.05, 4.69) is 63.4 Å². The highest BCUT2D eigenvalue weighted by atomic mass is 16.7. The first-order valence-electron chi connectivity index (χ1n) is 11.1. The Morgan fingerprint density at radius 1 is 0.618 bits per heavy atom. The summed E-state index contributed by atoms with van der Waals surface area (Å²) in [7, 11) is 4.07. The average molecular weight is 448 g/mol. The lowest BCUT2D eigenvalue weighted by Gasteiger charge is -2.11. The molecule has 1 aliphatic heterocycles. The number of ether oxygens (including phenoxy) is 2. The van der Waals surface area contributed by atoms with Crippen molar-refractivity contribution in [1.29, 1.82) is 0 Å². The van der Waals surface area contributed by atoms with Gasteiger partial charge in [0.1, 0.15) is 0 Å². The molecule has 5 heteroatoms. The summed E-state index contributed by atoms with van der Waals surface area (Å²) < 4.78 is 10.8. The van der Waals surface area contributed by atoms with Gasteiger partial charge in [0.2, 0.25) is 6.79 Å². The predicted octanol–water partition coefficient (Wildman–Crippen LogP) is 6.65. The van der Waals surface area contributed by atoms with Gasteiger partial charge in [-0.2, -0.15) is 0 Å². The molecule has 0 bridgehead atoms. The van der Waals surface area contributed by atoms with Gasteiger partial charge in [0.25, 0.3) is 0 Å². The van der Waals surface area contributed by atoms with E-state index in [1.165, 1.54) is 5.69 Å². The smallest absolute Gasteiger partial charge is 0.231 e.